The van der Waals surface area contributed by atoms with Gasteiger partial charge in [-0.2, -0.15) is 0 Å². The minimum atomic E-state index is -3.98. The summed E-state index contributed by atoms with van der Waals surface area (Å²) >= 11 is 0. The largest absolute Gasteiger partial charge is 0.494 e. The highest BCUT2D eigenvalue weighted by Crippen LogP contribution is 2.43. The van der Waals surface area contributed by atoms with E-state index in [1.54, 1.807) is 18.2 Å². The van der Waals surface area contributed by atoms with Crippen LogP contribution in [0.3, 0.4) is 0 Å². The smallest absolute Gasteiger partial charge is 0.265 e. The zero-order valence-corrected chi connectivity index (χ0v) is 18.5. The van der Waals surface area contributed by atoms with Crippen molar-refractivity contribution in [3.05, 3.63) is 78.1 Å². The Bertz CT molecular complexity index is 1260. The highest BCUT2D eigenvalue weighted by atomic mass is 32.2. The topological polar surface area (TPSA) is 75.7 Å². The van der Waals surface area contributed by atoms with Crippen LogP contribution in [-0.4, -0.2) is 27.5 Å². The number of ether oxygens (including phenoxy) is 1. The van der Waals surface area contributed by atoms with E-state index in [1.807, 2.05) is 38.1 Å². The lowest BCUT2D eigenvalue weighted by molar-refractivity contribution is -0.120. The minimum absolute atomic E-state index is 0.0467. The van der Waals surface area contributed by atoms with Crippen molar-refractivity contribution in [1.82, 2.24) is 5.32 Å². The summed E-state index contributed by atoms with van der Waals surface area (Å²) in [7, 11) is -3.98. The number of sulfonamides is 1. The molecule has 1 N–H and O–H groups in total. The van der Waals surface area contributed by atoms with E-state index in [9.17, 15) is 17.6 Å². The molecule has 32 heavy (non-hydrogen) atoms. The first-order valence-electron chi connectivity index (χ1n) is 10.2. The van der Waals surface area contributed by atoms with Crippen molar-refractivity contribution in [2.45, 2.75) is 24.8 Å². The molecule has 0 bridgehead atoms. The van der Waals surface area contributed by atoms with Gasteiger partial charge in [-0.3, -0.25) is 9.10 Å². The van der Waals surface area contributed by atoms with Crippen LogP contribution in [0, 0.1) is 5.82 Å². The summed E-state index contributed by atoms with van der Waals surface area (Å²) in [6, 6.07) is 17.3. The fraction of sp³-hybridized carbons (Fsp3) is 0.208. The number of anilines is 1. The van der Waals surface area contributed by atoms with Crippen LogP contribution in [0.4, 0.5) is 10.1 Å². The maximum atomic E-state index is 14.0. The molecule has 1 amide bonds. The van der Waals surface area contributed by atoms with Crippen molar-refractivity contribution in [1.29, 1.82) is 0 Å². The highest BCUT2D eigenvalue weighted by molar-refractivity contribution is 7.93. The summed E-state index contributed by atoms with van der Waals surface area (Å²) in [5.41, 5.74) is 1.98. The van der Waals surface area contributed by atoms with Gasteiger partial charge in [-0.25, -0.2) is 12.8 Å². The Morgan fingerprint density at radius 3 is 2.50 bits per heavy atom. The van der Waals surface area contributed by atoms with E-state index >= 15 is 0 Å². The van der Waals surface area contributed by atoms with Crippen LogP contribution in [0.5, 0.6) is 5.75 Å². The number of amides is 1. The van der Waals surface area contributed by atoms with Crippen LogP contribution in [0.15, 0.2) is 71.6 Å². The number of carbonyl (C=O) groups is 1. The number of fused-ring (bicyclic) bond motifs is 3. The molecule has 1 aliphatic heterocycles. The number of carbonyl (C=O) groups excluding carboxylic acids is 1. The van der Waals surface area contributed by atoms with Crippen molar-refractivity contribution >= 4 is 21.6 Å². The Morgan fingerprint density at radius 1 is 1.06 bits per heavy atom. The van der Waals surface area contributed by atoms with E-state index in [0.717, 1.165) is 15.6 Å². The zero-order valence-electron chi connectivity index (χ0n) is 17.7. The summed E-state index contributed by atoms with van der Waals surface area (Å²) in [6.45, 7) is 3.86. The molecular weight excluding hydrogens is 431 g/mol. The van der Waals surface area contributed by atoms with Gasteiger partial charge in [0.15, 0.2) is 0 Å². The molecule has 3 aromatic rings. The molecule has 1 heterocycles. The van der Waals surface area contributed by atoms with Crippen LogP contribution < -0.4 is 14.4 Å². The summed E-state index contributed by atoms with van der Waals surface area (Å²) < 4.78 is 47.0. The second kappa shape index (κ2) is 8.63. The quantitative estimate of drug-likeness (QED) is 0.603. The third kappa shape index (κ3) is 4.05. The molecule has 1 aliphatic rings. The molecular formula is C24H23FN2O4S. The second-order valence-electron chi connectivity index (χ2n) is 7.46. The number of rotatable bonds is 6. The number of hydrogen-bond acceptors (Lipinski definition) is 4. The van der Waals surface area contributed by atoms with Crippen LogP contribution in [0.25, 0.3) is 11.1 Å². The molecule has 0 unspecified atom stereocenters. The number of halogens is 1. The van der Waals surface area contributed by atoms with E-state index < -0.39 is 28.3 Å². The molecule has 8 heteroatoms. The first-order valence-corrected chi connectivity index (χ1v) is 11.7. The monoisotopic (exact) mass is 454 g/mol. The fourth-order valence-electron chi connectivity index (χ4n) is 3.79. The fourth-order valence-corrected chi connectivity index (χ4v) is 5.44. The van der Waals surface area contributed by atoms with Gasteiger partial charge in [0.1, 0.15) is 18.1 Å². The van der Waals surface area contributed by atoms with Crippen molar-refractivity contribution < 1.29 is 22.3 Å². The van der Waals surface area contributed by atoms with Crippen molar-refractivity contribution in [3.8, 4) is 16.9 Å². The van der Waals surface area contributed by atoms with E-state index in [4.69, 9.17) is 4.74 Å². The third-order valence-electron chi connectivity index (χ3n) is 5.33. The maximum Gasteiger partial charge on any atom is 0.265 e. The Kier molecular flexibility index (Phi) is 5.88. The lowest BCUT2D eigenvalue weighted by atomic mass is 10.0. The molecule has 0 aromatic heterocycles. The van der Waals surface area contributed by atoms with Gasteiger partial charge in [0.2, 0.25) is 5.91 Å². The lowest BCUT2D eigenvalue weighted by Gasteiger charge is -2.32. The second-order valence-corrected chi connectivity index (χ2v) is 9.29. The number of nitrogens with one attached hydrogen (secondary N) is 1. The maximum absolute atomic E-state index is 14.0. The van der Waals surface area contributed by atoms with Gasteiger partial charge in [-0.1, -0.05) is 30.3 Å². The molecule has 166 valence electrons. The van der Waals surface area contributed by atoms with Crippen LogP contribution in [-0.2, 0) is 14.8 Å². The van der Waals surface area contributed by atoms with Crippen molar-refractivity contribution in [3.63, 3.8) is 0 Å². The summed E-state index contributed by atoms with van der Waals surface area (Å²) in [5, 5.41) is 2.84. The predicted octanol–water partition coefficient (Wildman–Crippen LogP) is 4.28. The predicted molar refractivity (Wildman–Crippen MR) is 121 cm³/mol. The Morgan fingerprint density at radius 2 is 1.78 bits per heavy atom. The van der Waals surface area contributed by atoms with Crippen molar-refractivity contribution in [2.24, 2.45) is 0 Å². The normalized spacial score (nSPS) is 14.8. The first-order chi connectivity index (χ1) is 15.3. The van der Waals surface area contributed by atoms with E-state index in [0.29, 0.717) is 17.7 Å². The minimum Gasteiger partial charge on any atom is -0.494 e. The van der Waals surface area contributed by atoms with Crippen LogP contribution in [0.2, 0.25) is 0 Å². The average Bonchev–Trinajstić information content (AvgIpc) is 2.77. The van der Waals surface area contributed by atoms with E-state index in [1.165, 1.54) is 24.3 Å². The number of nitrogens with zero attached hydrogens (tertiary/aromatic N) is 1. The van der Waals surface area contributed by atoms with Gasteiger partial charge >= 0.3 is 0 Å². The number of hydrogen-bond donors (Lipinski definition) is 1. The molecule has 0 spiro atoms. The lowest BCUT2D eigenvalue weighted by Crippen LogP contribution is -2.43. The third-order valence-corrected chi connectivity index (χ3v) is 7.15. The highest BCUT2D eigenvalue weighted by Gasteiger charge is 2.36. The first kappa shape index (κ1) is 21.8. The molecule has 0 fully saturated rings. The molecule has 3 aromatic carbocycles. The van der Waals surface area contributed by atoms with Gasteiger partial charge < -0.3 is 10.1 Å². The molecule has 0 saturated heterocycles. The Labute approximate surface area is 186 Å². The Balaban J connectivity index is 1.59. The SMILES string of the molecule is CCOc1ccc([C@@H](C)NC(=O)CN2c3ccc(F)cc3-c3ccccc3S2(=O)=O)cc1. The summed E-state index contributed by atoms with van der Waals surface area (Å²) in [4.78, 5) is 12.9. The molecule has 0 radical (unpaired) electrons. The van der Waals surface area contributed by atoms with Gasteiger partial charge in [-0.15, -0.1) is 0 Å². The molecule has 1 atom stereocenters. The molecule has 0 saturated carbocycles. The van der Waals surface area contributed by atoms with Crippen LogP contribution in [0.1, 0.15) is 25.5 Å². The van der Waals surface area contributed by atoms with Crippen molar-refractivity contribution in [2.75, 3.05) is 17.5 Å². The van der Waals surface area contributed by atoms with E-state index in [2.05, 4.69) is 5.32 Å². The molecule has 6 nitrogen and oxygen atoms in total. The van der Waals surface area contributed by atoms with Crippen LogP contribution >= 0.6 is 0 Å². The zero-order chi connectivity index (χ0) is 22.9. The van der Waals surface area contributed by atoms with Gasteiger partial charge in [0.25, 0.3) is 10.0 Å². The van der Waals surface area contributed by atoms with Gasteiger partial charge in [0, 0.05) is 11.1 Å². The van der Waals surface area contributed by atoms with Gasteiger partial charge in [0.05, 0.1) is 23.2 Å². The standard InChI is InChI=1S/C24H23FN2O4S/c1-3-31-19-11-8-17(9-12-19)16(2)26-24(28)15-27-22-13-10-18(25)14-21(22)20-6-4-5-7-23(20)32(27,29)30/h4-14,16H,3,15H2,1-2H3,(H,26,28)/t16-/m1/s1. The average molecular weight is 455 g/mol. The van der Waals surface area contributed by atoms with Gasteiger partial charge in [-0.05, 0) is 55.8 Å². The van der Waals surface area contributed by atoms with E-state index in [-0.39, 0.29) is 16.6 Å². The summed E-state index contributed by atoms with van der Waals surface area (Å²) in [5.74, 6) is -0.215. The number of benzene rings is 3. The summed E-state index contributed by atoms with van der Waals surface area (Å²) in [6.07, 6.45) is 0. The molecule has 0 aliphatic carbocycles. The molecule has 4 rings (SSSR count). The Hall–Kier alpha value is -3.39.